The Bertz CT molecular complexity index is 1250. The smallest absolute Gasteiger partial charge is 0.291 e. The molecule has 0 aliphatic rings. The molecular formula is C23H25N3O5S. The first-order chi connectivity index (χ1) is 15.2. The monoisotopic (exact) mass is 455 g/mol. The molecule has 0 saturated heterocycles. The predicted molar refractivity (Wildman–Crippen MR) is 123 cm³/mol. The highest BCUT2D eigenvalue weighted by molar-refractivity contribution is 7.89. The van der Waals surface area contributed by atoms with Gasteiger partial charge in [0.05, 0.1) is 4.90 Å². The molecule has 0 spiro atoms. The van der Waals surface area contributed by atoms with Crippen LogP contribution in [0.2, 0.25) is 0 Å². The number of benzene rings is 2. The van der Waals surface area contributed by atoms with Crippen LogP contribution in [0.1, 0.15) is 22.5 Å². The largest absolute Gasteiger partial charge is 0.451 e. The number of fused-ring (bicyclic) bond motifs is 1. The third-order valence-corrected chi connectivity index (χ3v) is 6.88. The molecule has 0 aliphatic carbocycles. The first kappa shape index (κ1) is 23.2. The van der Waals surface area contributed by atoms with Crippen LogP contribution in [0.5, 0.6) is 0 Å². The number of rotatable bonds is 9. The maximum atomic E-state index is 12.7. The molecule has 3 aromatic rings. The summed E-state index contributed by atoms with van der Waals surface area (Å²) in [6.45, 7) is 5.76. The average molecular weight is 456 g/mol. The second kappa shape index (κ2) is 9.80. The zero-order chi connectivity index (χ0) is 23.3. The van der Waals surface area contributed by atoms with E-state index in [0.29, 0.717) is 24.2 Å². The van der Waals surface area contributed by atoms with Gasteiger partial charge in [0.15, 0.2) is 5.76 Å². The Kier molecular flexibility index (Phi) is 7.12. The Morgan fingerprint density at radius 3 is 2.47 bits per heavy atom. The number of nitrogens with one attached hydrogen (secondary N) is 2. The van der Waals surface area contributed by atoms with E-state index in [-0.39, 0.29) is 23.1 Å². The van der Waals surface area contributed by atoms with Crippen molar-refractivity contribution < 1.29 is 22.4 Å². The Hall–Kier alpha value is -3.43. The van der Waals surface area contributed by atoms with Gasteiger partial charge in [-0.2, -0.15) is 0 Å². The predicted octanol–water partition coefficient (Wildman–Crippen LogP) is 3.31. The molecule has 1 aromatic heterocycles. The Labute approximate surface area is 187 Å². The van der Waals surface area contributed by atoms with E-state index in [2.05, 4.69) is 17.2 Å². The number of para-hydroxylation sites is 1. The van der Waals surface area contributed by atoms with Crippen LogP contribution in [0.15, 0.2) is 70.5 Å². The molecule has 32 heavy (non-hydrogen) atoms. The summed E-state index contributed by atoms with van der Waals surface area (Å²) >= 11 is 0. The summed E-state index contributed by atoms with van der Waals surface area (Å²) < 4.78 is 32.4. The SMILES string of the molecule is C=CC(=O)NCCCN(C)S(=O)(=O)c1ccc(NC(=O)c2oc3ccccc3c2C)cc1. The Morgan fingerprint density at radius 1 is 1.12 bits per heavy atom. The van der Waals surface area contributed by atoms with Gasteiger partial charge in [-0.1, -0.05) is 24.8 Å². The van der Waals surface area contributed by atoms with E-state index >= 15 is 0 Å². The minimum Gasteiger partial charge on any atom is -0.451 e. The van der Waals surface area contributed by atoms with Crippen LogP contribution in [0.4, 0.5) is 5.69 Å². The van der Waals surface area contributed by atoms with Crippen molar-refractivity contribution in [3.8, 4) is 0 Å². The minimum atomic E-state index is -3.70. The van der Waals surface area contributed by atoms with Crippen LogP contribution >= 0.6 is 0 Å². The van der Waals surface area contributed by atoms with Gasteiger partial charge in [0, 0.05) is 36.8 Å². The van der Waals surface area contributed by atoms with E-state index in [1.54, 1.807) is 6.07 Å². The van der Waals surface area contributed by atoms with E-state index in [1.165, 1.54) is 35.6 Å². The second-order valence-corrected chi connectivity index (χ2v) is 9.25. The number of anilines is 1. The molecule has 0 unspecified atom stereocenters. The standard InChI is InChI=1S/C23H25N3O5S/c1-4-21(27)24-14-7-15-26(3)32(29,30)18-12-10-17(11-13-18)25-23(28)22-16(2)19-8-5-6-9-20(19)31-22/h4-6,8-13H,1,7,14-15H2,2-3H3,(H,24,27)(H,25,28). The first-order valence-corrected chi connectivity index (χ1v) is 11.4. The van der Waals surface area contributed by atoms with E-state index in [4.69, 9.17) is 4.42 Å². The summed E-state index contributed by atoms with van der Waals surface area (Å²) in [6, 6.07) is 13.3. The lowest BCUT2D eigenvalue weighted by molar-refractivity contribution is -0.116. The fraction of sp³-hybridized carbons (Fsp3) is 0.217. The molecule has 0 fully saturated rings. The quantitative estimate of drug-likeness (QED) is 0.380. The van der Waals surface area contributed by atoms with Crippen LogP contribution in [0.3, 0.4) is 0 Å². The van der Waals surface area contributed by atoms with E-state index in [9.17, 15) is 18.0 Å². The van der Waals surface area contributed by atoms with Crippen molar-refractivity contribution in [3.63, 3.8) is 0 Å². The van der Waals surface area contributed by atoms with Crippen LogP contribution in [0, 0.1) is 6.92 Å². The third kappa shape index (κ3) is 5.06. The zero-order valence-corrected chi connectivity index (χ0v) is 18.7. The summed E-state index contributed by atoms with van der Waals surface area (Å²) in [7, 11) is -2.22. The number of nitrogens with zero attached hydrogens (tertiary/aromatic N) is 1. The second-order valence-electron chi connectivity index (χ2n) is 7.21. The van der Waals surface area contributed by atoms with Gasteiger partial charge >= 0.3 is 0 Å². The minimum absolute atomic E-state index is 0.105. The molecule has 8 nitrogen and oxygen atoms in total. The van der Waals surface area contributed by atoms with Crippen LogP contribution in [-0.4, -0.2) is 44.7 Å². The fourth-order valence-electron chi connectivity index (χ4n) is 3.17. The highest BCUT2D eigenvalue weighted by Gasteiger charge is 2.21. The van der Waals surface area contributed by atoms with Crippen molar-refractivity contribution in [1.82, 2.24) is 9.62 Å². The molecule has 3 rings (SSSR count). The highest BCUT2D eigenvalue weighted by atomic mass is 32.2. The van der Waals surface area contributed by atoms with Crippen molar-refractivity contribution in [3.05, 3.63) is 72.5 Å². The first-order valence-electron chi connectivity index (χ1n) is 10.00. The van der Waals surface area contributed by atoms with Gasteiger partial charge in [-0.15, -0.1) is 0 Å². The highest BCUT2D eigenvalue weighted by Crippen LogP contribution is 2.26. The fourth-order valence-corrected chi connectivity index (χ4v) is 4.38. The summed E-state index contributed by atoms with van der Waals surface area (Å²) in [5, 5.41) is 6.21. The van der Waals surface area contributed by atoms with E-state index in [0.717, 1.165) is 17.0 Å². The third-order valence-electron chi connectivity index (χ3n) is 5.00. The number of aryl methyl sites for hydroxylation is 1. The number of carbonyl (C=O) groups excluding carboxylic acids is 2. The summed E-state index contributed by atoms with van der Waals surface area (Å²) in [5.41, 5.74) is 1.82. The molecule has 0 atom stereocenters. The van der Waals surface area contributed by atoms with E-state index < -0.39 is 15.9 Å². The summed E-state index contributed by atoms with van der Waals surface area (Å²) in [4.78, 5) is 23.9. The molecule has 2 N–H and O–H groups in total. The van der Waals surface area contributed by atoms with Crippen molar-refractivity contribution in [2.24, 2.45) is 0 Å². The zero-order valence-electron chi connectivity index (χ0n) is 17.9. The number of hydrogen-bond acceptors (Lipinski definition) is 5. The molecule has 0 radical (unpaired) electrons. The molecule has 1 heterocycles. The Balaban J connectivity index is 1.64. The van der Waals surface area contributed by atoms with Gasteiger partial charge in [-0.05, 0) is 49.8 Å². The lowest BCUT2D eigenvalue weighted by Crippen LogP contribution is -2.31. The number of amides is 2. The normalized spacial score (nSPS) is 11.5. The number of sulfonamides is 1. The van der Waals surface area contributed by atoms with Crippen molar-refractivity contribution in [1.29, 1.82) is 0 Å². The molecule has 2 aromatic carbocycles. The van der Waals surface area contributed by atoms with Gasteiger partial charge in [0.25, 0.3) is 5.91 Å². The molecule has 9 heteroatoms. The number of carbonyl (C=O) groups is 2. The van der Waals surface area contributed by atoms with Crippen LogP contribution < -0.4 is 10.6 Å². The number of furan rings is 1. The molecular weight excluding hydrogens is 430 g/mol. The molecule has 2 amide bonds. The van der Waals surface area contributed by atoms with Gasteiger partial charge in [0.2, 0.25) is 15.9 Å². The van der Waals surface area contributed by atoms with Gasteiger partial charge in [-0.25, -0.2) is 12.7 Å². The topological polar surface area (TPSA) is 109 Å². The van der Waals surface area contributed by atoms with Gasteiger partial charge in [0.1, 0.15) is 5.58 Å². The lowest BCUT2D eigenvalue weighted by Gasteiger charge is -2.17. The molecule has 0 bridgehead atoms. The summed E-state index contributed by atoms with van der Waals surface area (Å²) in [6.07, 6.45) is 1.62. The van der Waals surface area contributed by atoms with Crippen molar-refractivity contribution >= 4 is 38.5 Å². The summed E-state index contributed by atoms with van der Waals surface area (Å²) in [5.74, 6) is -0.495. The molecule has 168 valence electrons. The lowest BCUT2D eigenvalue weighted by atomic mass is 10.1. The molecule has 0 saturated carbocycles. The van der Waals surface area contributed by atoms with Gasteiger partial charge < -0.3 is 15.1 Å². The van der Waals surface area contributed by atoms with Crippen LogP contribution in [-0.2, 0) is 14.8 Å². The van der Waals surface area contributed by atoms with Crippen molar-refractivity contribution in [2.45, 2.75) is 18.2 Å². The van der Waals surface area contributed by atoms with Crippen molar-refractivity contribution in [2.75, 3.05) is 25.5 Å². The van der Waals surface area contributed by atoms with Gasteiger partial charge in [-0.3, -0.25) is 9.59 Å². The van der Waals surface area contributed by atoms with Crippen LogP contribution in [0.25, 0.3) is 11.0 Å². The Morgan fingerprint density at radius 2 is 1.81 bits per heavy atom. The van der Waals surface area contributed by atoms with E-state index in [1.807, 2.05) is 25.1 Å². The average Bonchev–Trinajstić information content (AvgIpc) is 3.13. The molecule has 0 aliphatic heterocycles. The maximum Gasteiger partial charge on any atom is 0.291 e. The number of hydrogen-bond donors (Lipinski definition) is 2. The maximum absolute atomic E-state index is 12.7.